The van der Waals surface area contributed by atoms with Crippen molar-refractivity contribution in [3.63, 3.8) is 0 Å². The summed E-state index contributed by atoms with van der Waals surface area (Å²) in [6, 6.07) is 3.76. The second kappa shape index (κ2) is 10.2. The molecule has 1 aromatic rings. The second-order valence-corrected chi connectivity index (χ2v) is 7.15. The number of aromatic nitrogens is 1. The third-order valence-corrected chi connectivity index (χ3v) is 5.49. The van der Waals surface area contributed by atoms with E-state index in [9.17, 15) is 14.4 Å². The van der Waals surface area contributed by atoms with E-state index in [2.05, 4.69) is 4.99 Å². The summed E-state index contributed by atoms with van der Waals surface area (Å²) in [5.74, 6) is -0.703. The predicted octanol–water partition coefficient (Wildman–Crippen LogP) is 2.13. The maximum absolute atomic E-state index is 12.7. The third-order valence-electron chi connectivity index (χ3n) is 5.49. The number of ether oxygens (including phenoxy) is 1. The molecule has 1 fully saturated rings. The minimum atomic E-state index is -1.25. The Kier molecular flexibility index (Phi) is 7.93. The lowest BCUT2D eigenvalue weighted by Crippen LogP contribution is -2.51. The van der Waals surface area contributed by atoms with Gasteiger partial charge in [-0.3, -0.25) is 9.79 Å². The lowest BCUT2D eigenvalue weighted by molar-refractivity contribution is -0.139. The molecule has 0 aliphatic carbocycles. The highest BCUT2D eigenvalue weighted by Crippen LogP contribution is 2.34. The molecule has 0 aromatic carbocycles. The topological polar surface area (TPSA) is 81.0 Å². The first-order valence-corrected chi connectivity index (χ1v) is 10.2. The van der Waals surface area contributed by atoms with Gasteiger partial charge in [-0.2, -0.15) is 0 Å². The molecule has 0 N–H and O–H groups in total. The number of aryl methyl sites for hydroxylation is 1. The zero-order valence-corrected chi connectivity index (χ0v) is 17.8. The summed E-state index contributed by atoms with van der Waals surface area (Å²) in [4.78, 5) is 43.9. The molecule has 1 aliphatic heterocycles. The summed E-state index contributed by atoms with van der Waals surface area (Å²) >= 11 is 0. The minimum absolute atomic E-state index is 0.0984. The molecule has 158 valence electrons. The van der Waals surface area contributed by atoms with Crippen molar-refractivity contribution >= 4 is 18.5 Å². The zero-order valence-electron chi connectivity index (χ0n) is 17.8. The monoisotopic (exact) mass is 401 g/mol. The number of allylic oxidation sites excluding steroid dienone is 1. The van der Waals surface area contributed by atoms with E-state index in [0.29, 0.717) is 37.0 Å². The highest BCUT2D eigenvalue weighted by molar-refractivity contribution is 6.09. The fraction of sp³-hybridized carbons (Fsp3) is 0.545. The fourth-order valence-corrected chi connectivity index (χ4v) is 4.07. The molecule has 1 aliphatic rings. The Balaban J connectivity index is 2.90. The van der Waals surface area contributed by atoms with Gasteiger partial charge in [-0.1, -0.05) is 13.0 Å². The van der Waals surface area contributed by atoms with Gasteiger partial charge in [0.05, 0.1) is 12.3 Å². The molecule has 7 heteroatoms. The average Bonchev–Trinajstić information content (AvgIpc) is 2.75. The highest BCUT2D eigenvalue weighted by Gasteiger charge is 2.42. The summed E-state index contributed by atoms with van der Waals surface area (Å²) in [5, 5.41) is 0. The van der Waals surface area contributed by atoms with Gasteiger partial charge in [0.2, 0.25) is 0 Å². The van der Waals surface area contributed by atoms with E-state index >= 15 is 0 Å². The van der Waals surface area contributed by atoms with Crippen LogP contribution in [0.2, 0.25) is 0 Å². The van der Waals surface area contributed by atoms with Crippen LogP contribution in [-0.2, 0) is 24.7 Å². The molecule has 0 radical (unpaired) electrons. The van der Waals surface area contributed by atoms with Crippen LogP contribution in [0.3, 0.4) is 0 Å². The van der Waals surface area contributed by atoms with Crippen LogP contribution in [0.15, 0.2) is 34.6 Å². The molecular weight excluding hydrogens is 370 g/mol. The number of pyridine rings is 1. The van der Waals surface area contributed by atoms with Gasteiger partial charge in [-0.25, -0.2) is 4.79 Å². The third kappa shape index (κ3) is 4.33. The summed E-state index contributed by atoms with van der Waals surface area (Å²) < 4.78 is 6.94. The van der Waals surface area contributed by atoms with Gasteiger partial charge in [0, 0.05) is 26.3 Å². The van der Waals surface area contributed by atoms with Gasteiger partial charge in [0.15, 0.2) is 12.6 Å². The lowest BCUT2D eigenvalue weighted by Gasteiger charge is -2.42. The molecule has 1 aromatic heterocycles. The fourth-order valence-electron chi connectivity index (χ4n) is 4.07. The number of aldehydes is 2. The lowest BCUT2D eigenvalue weighted by atomic mass is 9.87. The quantitative estimate of drug-likeness (QED) is 0.219. The van der Waals surface area contributed by atoms with Crippen LogP contribution in [0, 0.1) is 6.92 Å². The Morgan fingerprint density at radius 1 is 1.24 bits per heavy atom. The molecule has 0 bridgehead atoms. The first-order valence-electron chi connectivity index (χ1n) is 10.2. The summed E-state index contributed by atoms with van der Waals surface area (Å²) in [6.07, 6.45) is 6.43. The van der Waals surface area contributed by atoms with Crippen molar-refractivity contribution in [1.82, 2.24) is 9.47 Å². The number of hydrogen-bond donors (Lipinski definition) is 0. The second-order valence-electron chi connectivity index (χ2n) is 7.15. The van der Waals surface area contributed by atoms with Crippen LogP contribution in [0.5, 0.6) is 0 Å². The van der Waals surface area contributed by atoms with Gasteiger partial charge < -0.3 is 19.0 Å². The molecule has 0 spiro atoms. The highest BCUT2D eigenvalue weighted by atomic mass is 16.5. The first kappa shape index (κ1) is 22.6. The minimum Gasteiger partial charge on any atom is -0.462 e. The van der Waals surface area contributed by atoms with Gasteiger partial charge in [-0.15, -0.1) is 0 Å². The number of rotatable bonds is 8. The van der Waals surface area contributed by atoms with E-state index in [1.54, 1.807) is 24.7 Å². The van der Waals surface area contributed by atoms with Crippen molar-refractivity contribution in [1.29, 1.82) is 0 Å². The smallest absolute Gasteiger partial charge is 0.343 e. The van der Waals surface area contributed by atoms with Crippen LogP contribution < -0.4 is 5.49 Å². The van der Waals surface area contributed by atoms with E-state index in [4.69, 9.17) is 4.74 Å². The summed E-state index contributed by atoms with van der Waals surface area (Å²) in [7, 11) is 1.67. The van der Waals surface area contributed by atoms with Gasteiger partial charge in [0.25, 0.3) is 0 Å². The Morgan fingerprint density at radius 3 is 2.45 bits per heavy atom. The standard InChI is InChI=1S/C22H31N3O4/c1-5-22(16-27,25-14-10-11-17(3)20(25)23-4)19(24-12-8-7-9-13-24)18(15-26)21(28)29-6-2/h10-11,14-16H,5-9,12-13H2,1-4H3/b19-18-,23-20?. The molecule has 1 unspecified atom stereocenters. The SMILES string of the molecule is CCOC(=O)/C(C=O)=C(\N1CCCCC1)C(C=O)(CC)n1cccc(C)c1=NC. The number of carbonyl (C=O) groups is 3. The van der Waals surface area contributed by atoms with E-state index in [0.717, 1.165) is 31.1 Å². The maximum atomic E-state index is 12.7. The van der Waals surface area contributed by atoms with Crippen LogP contribution in [0.4, 0.5) is 0 Å². The van der Waals surface area contributed by atoms with Crippen LogP contribution >= 0.6 is 0 Å². The van der Waals surface area contributed by atoms with Crippen molar-refractivity contribution in [3.8, 4) is 0 Å². The number of piperidine rings is 1. The van der Waals surface area contributed by atoms with Crippen LogP contribution in [-0.4, -0.2) is 54.8 Å². The number of hydrogen-bond acceptors (Lipinski definition) is 6. The first-order chi connectivity index (χ1) is 14.0. The molecular formula is C22H31N3O4. The Labute approximate surface area is 172 Å². The normalized spacial score (nSPS) is 17.9. The number of esters is 1. The maximum Gasteiger partial charge on any atom is 0.343 e. The zero-order chi connectivity index (χ0) is 21.4. The Bertz CT molecular complexity index is 850. The van der Waals surface area contributed by atoms with Crippen molar-refractivity contribution < 1.29 is 19.1 Å². The molecule has 2 rings (SSSR count). The molecule has 1 atom stereocenters. The summed E-state index contributed by atoms with van der Waals surface area (Å²) in [6.45, 7) is 6.98. The van der Waals surface area contributed by atoms with Crippen molar-refractivity contribution in [2.45, 2.75) is 52.0 Å². The number of likely N-dealkylation sites (tertiary alicyclic amines) is 1. The molecule has 1 saturated heterocycles. The molecule has 7 nitrogen and oxygen atoms in total. The molecule has 2 heterocycles. The predicted molar refractivity (Wildman–Crippen MR) is 110 cm³/mol. The largest absolute Gasteiger partial charge is 0.462 e. The van der Waals surface area contributed by atoms with Crippen LogP contribution in [0.1, 0.15) is 45.1 Å². The van der Waals surface area contributed by atoms with E-state index in [-0.39, 0.29) is 12.2 Å². The Morgan fingerprint density at radius 2 is 1.93 bits per heavy atom. The van der Waals surface area contributed by atoms with Crippen LogP contribution in [0.25, 0.3) is 0 Å². The number of carbonyl (C=O) groups excluding carboxylic acids is 3. The van der Waals surface area contributed by atoms with E-state index in [1.165, 1.54) is 0 Å². The summed E-state index contributed by atoms with van der Waals surface area (Å²) in [5.41, 5.74) is 0.588. The average molecular weight is 402 g/mol. The number of nitrogens with zero attached hydrogens (tertiary/aromatic N) is 3. The van der Waals surface area contributed by atoms with Gasteiger partial charge in [0.1, 0.15) is 16.6 Å². The van der Waals surface area contributed by atoms with Gasteiger partial charge in [-0.05, 0) is 51.2 Å². The van der Waals surface area contributed by atoms with E-state index in [1.807, 2.05) is 30.9 Å². The van der Waals surface area contributed by atoms with Crippen molar-refractivity contribution in [3.05, 3.63) is 40.7 Å². The molecule has 29 heavy (non-hydrogen) atoms. The van der Waals surface area contributed by atoms with Crippen molar-refractivity contribution in [2.75, 3.05) is 26.7 Å². The Hall–Kier alpha value is -2.70. The molecule has 0 saturated carbocycles. The van der Waals surface area contributed by atoms with E-state index < -0.39 is 11.5 Å². The van der Waals surface area contributed by atoms with Gasteiger partial charge >= 0.3 is 5.97 Å². The molecule has 0 amide bonds. The van der Waals surface area contributed by atoms with Crippen molar-refractivity contribution in [2.24, 2.45) is 4.99 Å².